The topological polar surface area (TPSA) is 106 Å². The van der Waals surface area contributed by atoms with E-state index in [1.54, 1.807) is 19.1 Å². The summed E-state index contributed by atoms with van der Waals surface area (Å²) in [5.41, 5.74) is -0.500. The minimum Gasteiger partial charge on any atom is -0.444 e. The Morgan fingerprint density at radius 3 is 2.73 bits per heavy atom. The number of methoxy groups -OCH3 is 1. The molecule has 0 saturated heterocycles. The van der Waals surface area contributed by atoms with Crippen LogP contribution in [-0.4, -0.2) is 77.2 Å². The second-order valence-electron chi connectivity index (χ2n) is 8.00. The minimum absolute atomic E-state index is 0. The number of guanidine groups is 1. The summed E-state index contributed by atoms with van der Waals surface area (Å²) in [6, 6.07) is 0.207. The number of hydrogen-bond donors (Lipinski definition) is 2. The van der Waals surface area contributed by atoms with Gasteiger partial charge < -0.3 is 25.0 Å². The Bertz CT molecular complexity index is 703. The van der Waals surface area contributed by atoms with Gasteiger partial charge in [0.05, 0.1) is 6.54 Å². The number of nitrogens with one attached hydrogen (secondary N) is 2. The Morgan fingerprint density at radius 2 is 2.13 bits per heavy atom. The van der Waals surface area contributed by atoms with E-state index in [4.69, 9.17) is 9.47 Å². The molecule has 172 valence electrons. The summed E-state index contributed by atoms with van der Waals surface area (Å²) in [7, 11) is 3.38. The van der Waals surface area contributed by atoms with Gasteiger partial charge in [-0.1, -0.05) is 0 Å². The fourth-order valence-electron chi connectivity index (χ4n) is 3.07. The molecule has 10 nitrogen and oxygen atoms in total. The lowest BCUT2D eigenvalue weighted by atomic mass is 10.1. The SMILES string of the molecule is CCN(CCNC(=NC)NC1CCc2nc(COC)nn2C1)C(=O)OC(C)(C)C.I. The van der Waals surface area contributed by atoms with Crippen molar-refractivity contribution in [2.24, 2.45) is 4.99 Å². The van der Waals surface area contributed by atoms with Gasteiger partial charge in [0.2, 0.25) is 0 Å². The van der Waals surface area contributed by atoms with E-state index in [0.29, 0.717) is 38.0 Å². The summed E-state index contributed by atoms with van der Waals surface area (Å²) >= 11 is 0. The van der Waals surface area contributed by atoms with Gasteiger partial charge >= 0.3 is 6.09 Å². The van der Waals surface area contributed by atoms with Crippen LogP contribution in [0.2, 0.25) is 0 Å². The van der Waals surface area contributed by atoms with Gasteiger partial charge in [0.25, 0.3) is 0 Å². The first-order valence-electron chi connectivity index (χ1n) is 10.1. The molecule has 0 aliphatic carbocycles. The maximum Gasteiger partial charge on any atom is 0.410 e. The number of amides is 1. The number of ether oxygens (including phenoxy) is 2. The molecular weight excluding hydrogens is 501 g/mol. The lowest BCUT2D eigenvalue weighted by molar-refractivity contribution is 0.0264. The number of halogens is 1. The molecule has 0 saturated carbocycles. The molecule has 2 rings (SSSR count). The molecule has 0 fully saturated rings. The Balaban J connectivity index is 0.00000450. The van der Waals surface area contributed by atoms with Gasteiger partial charge in [-0.15, -0.1) is 24.0 Å². The highest BCUT2D eigenvalue weighted by atomic mass is 127. The van der Waals surface area contributed by atoms with Crippen LogP contribution in [0.25, 0.3) is 0 Å². The highest BCUT2D eigenvalue weighted by molar-refractivity contribution is 14.0. The maximum absolute atomic E-state index is 12.2. The molecule has 1 amide bonds. The number of rotatable bonds is 7. The van der Waals surface area contributed by atoms with Crippen molar-refractivity contribution in [3.05, 3.63) is 11.6 Å². The third-order valence-corrected chi connectivity index (χ3v) is 4.45. The number of aryl methyl sites for hydroxylation is 1. The van der Waals surface area contributed by atoms with E-state index in [1.807, 2.05) is 32.4 Å². The van der Waals surface area contributed by atoms with Gasteiger partial charge in [-0.3, -0.25) is 4.99 Å². The molecule has 1 aliphatic heterocycles. The zero-order valence-electron chi connectivity index (χ0n) is 18.9. The summed E-state index contributed by atoms with van der Waals surface area (Å²) < 4.78 is 12.5. The van der Waals surface area contributed by atoms with Gasteiger partial charge in [0.15, 0.2) is 11.8 Å². The molecule has 0 bridgehead atoms. The van der Waals surface area contributed by atoms with Crippen molar-refractivity contribution in [2.75, 3.05) is 33.8 Å². The van der Waals surface area contributed by atoms with Crippen molar-refractivity contribution in [3.8, 4) is 0 Å². The lowest BCUT2D eigenvalue weighted by Gasteiger charge is -2.28. The monoisotopic (exact) mass is 537 g/mol. The predicted octanol–water partition coefficient (Wildman–Crippen LogP) is 1.78. The zero-order chi connectivity index (χ0) is 21.4. The van der Waals surface area contributed by atoms with Crippen LogP contribution in [0.3, 0.4) is 0 Å². The number of carbonyl (C=O) groups is 1. The Morgan fingerprint density at radius 1 is 1.40 bits per heavy atom. The Kier molecular flexibility index (Phi) is 10.8. The number of nitrogens with zero attached hydrogens (tertiary/aromatic N) is 5. The number of hydrogen-bond acceptors (Lipinski definition) is 6. The van der Waals surface area contributed by atoms with Crippen molar-refractivity contribution in [1.82, 2.24) is 30.3 Å². The molecule has 30 heavy (non-hydrogen) atoms. The van der Waals surface area contributed by atoms with Crippen LogP contribution in [0.15, 0.2) is 4.99 Å². The van der Waals surface area contributed by atoms with E-state index in [1.165, 1.54) is 0 Å². The second-order valence-corrected chi connectivity index (χ2v) is 8.00. The molecule has 2 N–H and O–H groups in total. The minimum atomic E-state index is -0.500. The van der Waals surface area contributed by atoms with E-state index in [2.05, 4.69) is 25.7 Å². The van der Waals surface area contributed by atoms with Crippen molar-refractivity contribution < 1.29 is 14.3 Å². The molecule has 1 atom stereocenters. The van der Waals surface area contributed by atoms with Crippen LogP contribution in [0, 0.1) is 0 Å². The zero-order valence-corrected chi connectivity index (χ0v) is 21.2. The average Bonchev–Trinajstić information content (AvgIpc) is 3.04. The molecule has 0 spiro atoms. The largest absolute Gasteiger partial charge is 0.444 e. The van der Waals surface area contributed by atoms with Crippen molar-refractivity contribution in [1.29, 1.82) is 0 Å². The smallest absolute Gasteiger partial charge is 0.410 e. The van der Waals surface area contributed by atoms with Crippen LogP contribution in [-0.2, 0) is 29.0 Å². The number of likely N-dealkylation sites (N-methyl/N-ethyl adjacent to an activating group) is 1. The lowest BCUT2D eigenvalue weighted by Crippen LogP contribution is -2.49. The third-order valence-electron chi connectivity index (χ3n) is 4.45. The van der Waals surface area contributed by atoms with Gasteiger partial charge in [0.1, 0.15) is 18.0 Å². The van der Waals surface area contributed by atoms with Gasteiger partial charge in [0, 0.05) is 46.3 Å². The van der Waals surface area contributed by atoms with Crippen molar-refractivity contribution in [2.45, 2.75) is 65.3 Å². The highest BCUT2D eigenvalue weighted by Gasteiger charge is 2.23. The number of aromatic nitrogens is 3. The standard InChI is InChI=1S/C19H35N7O3.HI/c1-7-25(18(27)29-19(2,3)4)11-10-21-17(20-5)22-14-8-9-16-23-15(13-28-6)24-26(16)12-14;/h14H,7-13H2,1-6H3,(H2,20,21,22);1H. The quantitative estimate of drug-likeness (QED) is 0.310. The van der Waals surface area contributed by atoms with E-state index in [9.17, 15) is 4.79 Å². The molecule has 1 aromatic rings. The Hall–Kier alpha value is -1.63. The maximum atomic E-state index is 12.2. The highest BCUT2D eigenvalue weighted by Crippen LogP contribution is 2.13. The predicted molar refractivity (Wildman–Crippen MR) is 126 cm³/mol. The first-order valence-corrected chi connectivity index (χ1v) is 10.1. The van der Waals surface area contributed by atoms with Crippen LogP contribution >= 0.6 is 24.0 Å². The number of fused-ring (bicyclic) bond motifs is 1. The Labute approximate surface area is 196 Å². The van der Waals surface area contributed by atoms with E-state index < -0.39 is 5.60 Å². The molecular formula is C19H36IN7O3. The molecule has 1 unspecified atom stereocenters. The average molecular weight is 537 g/mol. The molecule has 0 radical (unpaired) electrons. The van der Waals surface area contributed by atoms with Crippen LogP contribution < -0.4 is 10.6 Å². The summed E-state index contributed by atoms with van der Waals surface area (Å²) in [5, 5.41) is 11.2. The summed E-state index contributed by atoms with van der Waals surface area (Å²) in [5.74, 6) is 2.41. The summed E-state index contributed by atoms with van der Waals surface area (Å²) in [6.45, 7) is 10.4. The first-order chi connectivity index (χ1) is 13.8. The number of aliphatic imine (C=N–C) groups is 1. The normalized spacial score (nSPS) is 16.3. The van der Waals surface area contributed by atoms with E-state index in [-0.39, 0.29) is 36.1 Å². The summed E-state index contributed by atoms with van der Waals surface area (Å²) in [6.07, 6.45) is 1.50. The molecule has 1 aromatic heterocycles. The van der Waals surface area contributed by atoms with Gasteiger partial charge in [-0.25, -0.2) is 14.5 Å². The molecule has 2 heterocycles. The van der Waals surface area contributed by atoms with E-state index in [0.717, 1.165) is 25.2 Å². The first kappa shape index (κ1) is 26.4. The molecule has 11 heteroatoms. The van der Waals surface area contributed by atoms with Crippen LogP contribution in [0.1, 0.15) is 45.8 Å². The third kappa shape index (κ3) is 8.25. The van der Waals surface area contributed by atoms with Crippen LogP contribution in [0.5, 0.6) is 0 Å². The second kappa shape index (κ2) is 12.3. The van der Waals surface area contributed by atoms with Crippen LogP contribution in [0.4, 0.5) is 4.79 Å². The fraction of sp³-hybridized carbons (Fsp3) is 0.789. The van der Waals surface area contributed by atoms with Crippen molar-refractivity contribution >= 4 is 36.0 Å². The van der Waals surface area contributed by atoms with E-state index >= 15 is 0 Å². The molecule has 1 aliphatic rings. The van der Waals surface area contributed by atoms with Gasteiger partial charge in [-0.05, 0) is 34.1 Å². The van der Waals surface area contributed by atoms with Crippen molar-refractivity contribution in [3.63, 3.8) is 0 Å². The summed E-state index contributed by atoms with van der Waals surface area (Å²) in [4.78, 5) is 22.7. The fourth-order valence-corrected chi connectivity index (χ4v) is 3.07. The molecule has 0 aromatic carbocycles. The van der Waals surface area contributed by atoms with Gasteiger partial charge in [-0.2, -0.15) is 5.10 Å². The number of carbonyl (C=O) groups excluding carboxylic acids is 1.